The van der Waals surface area contributed by atoms with Gasteiger partial charge in [-0.3, -0.25) is 9.80 Å². The lowest BCUT2D eigenvalue weighted by molar-refractivity contribution is -0.0159. The van der Waals surface area contributed by atoms with E-state index < -0.39 is 0 Å². The minimum Gasteiger partial charge on any atom is -0.299 e. The van der Waals surface area contributed by atoms with Crippen molar-refractivity contribution in [2.45, 2.75) is 45.3 Å². The molecule has 5 rings (SSSR count). The molecule has 130 valence electrons. The quantitative estimate of drug-likeness (QED) is 0.690. The third-order valence-electron chi connectivity index (χ3n) is 5.93. The third kappa shape index (κ3) is 3.77. The van der Waals surface area contributed by atoms with Gasteiger partial charge >= 0.3 is 0 Å². The highest BCUT2D eigenvalue weighted by atomic mass is 32.1. The molecule has 5 heterocycles. The first kappa shape index (κ1) is 16.8. The van der Waals surface area contributed by atoms with Gasteiger partial charge in [0.05, 0.1) is 0 Å². The first-order valence-corrected chi connectivity index (χ1v) is 11.1. The predicted molar refractivity (Wildman–Crippen MR) is 105 cm³/mol. The SMILES string of the molecule is CC[C@H]1CN2CC[C@H]1C[C@@H]2CN(Cc1cccs1)Cc1cccs1. The maximum atomic E-state index is 2.80. The number of rotatable bonds is 7. The van der Waals surface area contributed by atoms with Crippen LogP contribution in [-0.4, -0.2) is 35.5 Å². The second-order valence-corrected chi connectivity index (χ2v) is 9.49. The van der Waals surface area contributed by atoms with Crippen molar-refractivity contribution < 1.29 is 0 Å². The van der Waals surface area contributed by atoms with E-state index in [-0.39, 0.29) is 0 Å². The fraction of sp³-hybridized carbons (Fsp3) is 0.600. The van der Waals surface area contributed by atoms with Crippen molar-refractivity contribution in [3.63, 3.8) is 0 Å². The zero-order valence-corrected chi connectivity index (χ0v) is 16.2. The molecule has 24 heavy (non-hydrogen) atoms. The lowest BCUT2D eigenvalue weighted by Gasteiger charge is -2.51. The predicted octanol–water partition coefficient (Wildman–Crippen LogP) is 4.93. The molecule has 4 atom stereocenters. The van der Waals surface area contributed by atoms with Gasteiger partial charge in [-0.15, -0.1) is 22.7 Å². The Kier molecular flexibility index (Phi) is 5.37. The Morgan fingerprint density at radius 2 is 1.83 bits per heavy atom. The Balaban J connectivity index is 1.43. The normalized spacial score (nSPS) is 29.4. The molecular weight excluding hydrogens is 332 g/mol. The summed E-state index contributed by atoms with van der Waals surface area (Å²) >= 11 is 3.79. The largest absolute Gasteiger partial charge is 0.299 e. The van der Waals surface area contributed by atoms with Gasteiger partial charge in [0, 0.05) is 42.0 Å². The number of nitrogens with zero attached hydrogens (tertiary/aromatic N) is 2. The van der Waals surface area contributed by atoms with Crippen LogP contribution in [0.1, 0.15) is 35.9 Å². The molecule has 3 saturated heterocycles. The highest BCUT2D eigenvalue weighted by molar-refractivity contribution is 7.10. The molecule has 1 unspecified atom stereocenters. The fourth-order valence-electron chi connectivity index (χ4n) is 4.63. The van der Waals surface area contributed by atoms with Crippen molar-refractivity contribution in [1.29, 1.82) is 0 Å². The van der Waals surface area contributed by atoms with Gasteiger partial charge in [-0.2, -0.15) is 0 Å². The number of hydrogen-bond donors (Lipinski definition) is 0. The third-order valence-corrected chi connectivity index (χ3v) is 7.65. The molecule has 0 radical (unpaired) electrons. The van der Waals surface area contributed by atoms with Gasteiger partial charge in [-0.25, -0.2) is 0 Å². The van der Waals surface area contributed by atoms with E-state index in [2.05, 4.69) is 51.7 Å². The second kappa shape index (κ2) is 7.69. The summed E-state index contributed by atoms with van der Waals surface area (Å²) in [7, 11) is 0. The smallest absolute Gasteiger partial charge is 0.0332 e. The Labute approximate surface area is 154 Å². The van der Waals surface area contributed by atoms with Crippen LogP contribution in [0, 0.1) is 11.8 Å². The lowest BCUT2D eigenvalue weighted by Crippen LogP contribution is -2.56. The van der Waals surface area contributed by atoms with Crippen LogP contribution in [0.15, 0.2) is 35.0 Å². The first-order valence-electron chi connectivity index (χ1n) is 9.33. The van der Waals surface area contributed by atoms with Crippen LogP contribution in [0.4, 0.5) is 0 Å². The van der Waals surface area contributed by atoms with E-state index in [4.69, 9.17) is 0 Å². The molecule has 3 aliphatic heterocycles. The van der Waals surface area contributed by atoms with Crippen molar-refractivity contribution in [3.05, 3.63) is 44.8 Å². The average molecular weight is 361 g/mol. The summed E-state index contributed by atoms with van der Waals surface area (Å²) in [5.41, 5.74) is 0. The van der Waals surface area contributed by atoms with Crippen LogP contribution in [0.3, 0.4) is 0 Å². The Morgan fingerprint density at radius 1 is 1.12 bits per heavy atom. The van der Waals surface area contributed by atoms with Gasteiger partial charge in [-0.1, -0.05) is 25.5 Å². The van der Waals surface area contributed by atoms with Crippen molar-refractivity contribution in [2.75, 3.05) is 19.6 Å². The summed E-state index contributed by atoms with van der Waals surface area (Å²) < 4.78 is 0. The molecule has 2 nitrogen and oxygen atoms in total. The van der Waals surface area contributed by atoms with E-state index in [0.717, 1.165) is 31.0 Å². The van der Waals surface area contributed by atoms with Gasteiger partial charge in [-0.05, 0) is 54.1 Å². The van der Waals surface area contributed by atoms with Crippen LogP contribution < -0.4 is 0 Å². The molecule has 0 aliphatic carbocycles. The van der Waals surface area contributed by atoms with Crippen molar-refractivity contribution in [1.82, 2.24) is 9.80 Å². The maximum Gasteiger partial charge on any atom is 0.0332 e. The van der Waals surface area contributed by atoms with E-state index >= 15 is 0 Å². The second-order valence-electron chi connectivity index (χ2n) is 7.43. The highest BCUT2D eigenvalue weighted by Crippen LogP contribution is 2.38. The minimum atomic E-state index is 0.770. The molecule has 3 aliphatic rings. The van der Waals surface area contributed by atoms with Crippen LogP contribution in [-0.2, 0) is 13.1 Å². The van der Waals surface area contributed by atoms with E-state index in [1.54, 1.807) is 0 Å². The lowest BCUT2D eigenvalue weighted by atomic mass is 9.74. The van der Waals surface area contributed by atoms with Crippen molar-refractivity contribution >= 4 is 22.7 Å². The van der Waals surface area contributed by atoms with Gasteiger partial charge < -0.3 is 0 Å². The Hall–Kier alpha value is -0.680. The number of hydrogen-bond acceptors (Lipinski definition) is 4. The summed E-state index contributed by atoms with van der Waals surface area (Å²) in [6, 6.07) is 9.70. The van der Waals surface area contributed by atoms with Gasteiger partial charge in [0.2, 0.25) is 0 Å². The molecular formula is C20H28N2S2. The molecule has 2 aromatic heterocycles. The maximum absolute atomic E-state index is 2.80. The van der Waals surface area contributed by atoms with Crippen LogP contribution in [0.5, 0.6) is 0 Å². The zero-order valence-electron chi connectivity index (χ0n) is 14.6. The van der Waals surface area contributed by atoms with Gasteiger partial charge in [0.15, 0.2) is 0 Å². The summed E-state index contributed by atoms with van der Waals surface area (Å²) in [5.74, 6) is 1.94. The summed E-state index contributed by atoms with van der Waals surface area (Å²) in [4.78, 5) is 8.47. The van der Waals surface area contributed by atoms with Crippen molar-refractivity contribution in [3.8, 4) is 0 Å². The van der Waals surface area contributed by atoms with Crippen LogP contribution in [0.2, 0.25) is 0 Å². The summed E-state index contributed by atoms with van der Waals surface area (Å²) in [5, 5.41) is 4.41. The monoisotopic (exact) mass is 360 g/mol. The Morgan fingerprint density at radius 3 is 2.33 bits per heavy atom. The fourth-order valence-corrected chi connectivity index (χ4v) is 6.12. The van der Waals surface area contributed by atoms with Gasteiger partial charge in [0.1, 0.15) is 0 Å². The van der Waals surface area contributed by atoms with E-state index in [1.165, 1.54) is 48.7 Å². The molecule has 0 amide bonds. The minimum absolute atomic E-state index is 0.770. The van der Waals surface area contributed by atoms with Crippen LogP contribution >= 0.6 is 22.7 Å². The first-order chi connectivity index (χ1) is 11.8. The summed E-state index contributed by atoms with van der Waals surface area (Å²) in [6.07, 6.45) is 4.22. The highest BCUT2D eigenvalue weighted by Gasteiger charge is 2.39. The number of fused-ring (bicyclic) bond motifs is 3. The van der Waals surface area contributed by atoms with E-state index in [9.17, 15) is 0 Å². The molecule has 4 heteroatoms. The molecule has 3 fully saturated rings. The van der Waals surface area contributed by atoms with E-state index in [0.29, 0.717) is 0 Å². The number of thiophene rings is 2. The molecule has 2 aromatic rings. The summed E-state index contributed by atoms with van der Waals surface area (Å²) in [6.45, 7) is 8.48. The van der Waals surface area contributed by atoms with E-state index in [1.807, 2.05) is 22.7 Å². The van der Waals surface area contributed by atoms with Crippen LogP contribution in [0.25, 0.3) is 0 Å². The molecule has 0 N–H and O–H groups in total. The van der Waals surface area contributed by atoms with Crippen molar-refractivity contribution in [2.24, 2.45) is 11.8 Å². The molecule has 0 saturated carbocycles. The average Bonchev–Trinajstić information content (AvgIpc) is 3.29. The Bertz CT molecular complexity index is 571. The molecule has 0 spiro atoms. The molecule has 2 bridgehead atoms. The zero-order chi connectivity index (χ0) is 16.4. The molecule has 0 aromatic carbocycles. The topological polar surface area (TPSA) is 6.48 Å². The standard InChI is InChI=1S/C20H28N2S2/c1-2-16-12-22-8-7-17(16)11-18(22)13-21(14-19-5-3-9-23-19)15-20-6-4-10-24-20/h3-6,9-10,16-18H,2,7-8,11-15H2,1H3/t16-,17-,18+/m0/s1. The van der Waals surface area contributed by atoms with Gasteiger partial charge in [0.25, 0.3) is 0 Å². The number of piperidine rings is 3.